The maximum Gasteiger partial charge on any atom is 0.0700 e. The zero-order valence-corrected chi connectivity index (χ0v) is 13.4. The van der Waals surface area contributed by atoms with Crippen molar-refractivity contribution in [3.05, 3.63) is 35.4 Å². The van der Waals surface area contributed by atoms with Crippen molar-refractivity contribution in [2.75, 3.05) is 34.0 Å². The van der Waals surface area contributed by atoms with Gasteiger partial charge in [-0.15, -0.1) is 0 Å². The predicted molar refractivity (Wildman–Crippen MR) is 86.9 cm³/mol. The molecule has 2 atom stereocenters. The van der Waals surface area contributed by atoms with Crippen molar-refractivity contribution in [3.63, 3.8) is 0 Å². The lowest BCUT2D eigenvalue weighted by molar-refractivity contribution is 0.0654. The molecule has 0 bridgehead atoms. The van der Waals surface area contributed by atoms with Crippen LogP contribution < -0.4 is 5.32 Å². The van der Waals surface area contributed by atoms with Crippen molar-refractivity contribution < 1.29 is 9.47 Å². The number of benzene rings is 1. The average molecular weight is 291 g/mol. The van der Waals surface area contributed by atoms with Crippen molar-refractivity contribution in [2.45, 2.75) is 44.1 Å². The van der Waals surface area contributed by atoms with Gasteiger partial charge in [0.2, 0.25) is 0 Å². The van der Waals surface area contributed by atoms with Crippen LogP contribution in [0.3, 0.4) is 0 Å². The van der Waals surface area contributed by atoms with E-state index in [0.717, 1.165) is 13.0 Å². The van der Waals surface area contributed by atoms with E-state index in [1.54, 1.807) is 18.2 Å². The monoisotopic (exact) mass is 291 g/mol. The highest BCUT2D eigenvalue weighted by atomic mass is 16.5. The summed E-state index contributed by atoms with van der Waals surface area (Å²) in [5.74, 6) is 0.700. The molecule has 1 aromatic rings. The lowest BCUT2D eigenvalue weighted by atomic mass is 9.79. The van der Waals surface area contributed by atoms with Gasteiger partial charge in [-0.3, -0.25) is 0 Å². The number of rotatable bonds is 9. The first-order valence-corrected chi connectivity index (χ1v) is 8.17. The Morgan fingerprint density at radius 3 is 2.90 bits per heavy atom. The summed E-state index contributed by atoms with van der Waals surface area (Å²) in [6.07, 6.45) is 6.17. The standard InChI is InChI=1S/C18H29NO2/c1-19-17(10-11-21-13-12-20-2)14-16-8-5-7-15-6-3-4-9-18(15)16/h3-4,6,9,16-17,19H,5,7-8,10-14H2,1-2H3. The number of methoxy groups -OCH3 is 1. The summed E-state index contributed by atoms with van der Waals surface area (Å²) >= 11 is 0. The van der Waals surface area contributed by atoms with Gasteiger partial charge >= 0.3 is 0 Å². The third-order valence-corrected chi connectivity index (χ3v) is 4.51. The molecule has 0 aromatic heterocycles. The highest BCUT2D eigenvalue weighted by Crippen LogP contribution is 2.34. The van der Waals surface area contributed by atoms with E-state index in [0.29, 0.717) is 25.2 Å². The van der Waals surface area contributed by atoms with E-state index >= 15 is 0 Å². The molecule has 2 rings (SSSR count). The predicted octanol–water partition coefficient (Wildman–Crippen LogP) is 3.14. The number of aryl methyl sites for hydroxylation is 1. The van der Waals surface area contributed by atoms with Crippen molar-refractivity contribution >= 4 is 0 Å². The van der Waals surface area contributed by atoms with Crippen LogP contribution in [-0.4, -0.2) is 40.0 Å². The van der Waals surface area contributed by atoms with Gasteiger partial charge in [-0.05, 0) is 56.2 Å². The van der Waals surface area contributed by atoms with Crippen LogP contribution >= 0.6 is 0 Å². The van der Waals surface area contributed by atoms with E-state index in [1.807, 2.05) is 0 Å². The lowest BCUT2D eigenvalue weighted by Gasteiger charge is -2.29. The minimum Gasteiger partial charge on any atom is -0.382 e. The van der Waals surface area contributed by atoms with Crippen LogP contribution in [0.2, 0.25) is 0 Å². The first-order chi connectivity index (χ1) is 10.3. The molecule has 2 unspecified atom stereocenters. The maximum absolute atomic E-state index is 5.60. The van der Waals surface area contributed by atoms with Gasteiger partial charge in [0.05, 0.1) is 13.2 Å². The van der Waals surface area contributed by atoms with Gasteiger partial charge in [0.1, 0.15) is 0 Å². The Bertz CT molecular complexity index is 408. The van der Waals surface area contributed by atoms with Gasteiger partial charge in [-0.25, -0.2) is 0 Å². The fourth-order valence-electron chi connectivity index (χ4n) is 3.29. The third-order valence-electron chi connectivity index (χ3n) is 4.51. The largest absolute Gasteiger partial charge is 0.382 e. The molecule has 0 heterocycles. The summed E-state index contributed by atoms with van der Waals surface area (Å²) in [7, 11) is 3.77. The van der Waals surface area contributed by atoms with Crippen molar-refractivity contribution in [3.8, 4) is 0 Å². The highest BCUT2D eigenvalue weighted by Gasteiger charge is 2.22. The molecular formula is C18H29NO2. The molecule has 21 heavy (non-hydrogen) atoms. The van der Waals surface area contributed by atoms with Gasteiger partial charge in [0.15, 0.2) is 0 Å². The molecule has 0 spiro atoms. The SMILES string of the molecule is CNC(CCOCCOC)CC1CCCc2ccccc21. The van der Waals surface area contributed by atoms with Crippen LogP contribution in [0.5, 0.6) is 0 Å². The van der Waals surface area contributed by atoms with Gasteiger partial charge in [0, 0.05) is 19.8 Å². The molecule has 0 saturated carbocycles. The Labute approximate surface area is 129 Å². The smallest absolute Gasteiger partial charge is 0.0700 e. The molecule has 118 valence electrons. The van der Waals surface area contributed by atoms with Gasteiger partial charge in [-0.2, -0.15) is 0 Å². The van der Waals surface area contributed by atoms with E-state index in [1.165, 1.54) is 25.7 Å². The fourth-order valence-corrected chi connectivity index (χ4v) is 3.29. The quantitative estimate of drug-likeness (QED) is 0.709. The first kappa shape index (κ1) is 16.5. The highest BCUT2D eigenvalue weighted by molar-refractivity contribution is 5.32. The Morgan fingerprint density at radius 2 is 2.10 bits per heavy atom. The van der Waals surface area contributed by atoms with Crippen molar-refractivity contribution in [1.82, 2.24) is 5.32 Å². The third kappa shape index (κ3) is 5.10. The second-order valence-corrected chi connectivity index (χ2v) is 5.90. The molecule has 0 saturated heterocycles. The fraction of sp³-hybridized carbons (Fsp3) is 0.667. The summed E-state index contributed by atoms with van der Waals surface area (Å²) in [6, 6.07) is 9.49. The Balaban J connectivity index is 1.82. The molecular weight excluding hydrogens is 262 g/mol. The number of hydrogen-bond acceptors (Lipinski definition) is 3. The van der Waals surface area contributed by atoms with Crippen LogP contribution in [0.25, 0.3) is 0 Å². The molecule has 0 fully saturated rings. The number of nitrogens with one attached hydrogen (secondary N) is 1. The summed E-state index contributed by atoms with van der Waals surface area (Å²) in [5.41, 5.74) is 3.13. The number of fused-ring (bicyclic) bond motifs is 1. The molecule has 1 N–H and O–H groups in total. The normalized spacial score (nSPS) is 19.2. The lowest BCUT2D eigenvalue weighted by Crippen LogP contribution is -2.30. The topological polar surface area (TPSA) is 30.5 Å². The molecule has 0 amide bonds. The minimum atomic E-state index is 0.531. The molecule has 3 nitrogen and oxygen atoms in total. The van der Waals surface area contributed by atoms with E-state index in [9.17, 15) is 0 Å². The number of ether oxygens (including phenoxy) is 2. The van der Waals surface area contributed by atoms with E-state index < -0.39 is 0 Å². The Morgan fingerprint density at radius 1 is 1.24 bits per heavy atom. The second-order valence-electron chi connectivity index (χ2n) is 5.90. The second kappa shape index (κ2) is 9.19. The first-order valence-electron chi connectivity index (χ1n) is 8.17. The van der Waals surface area contributed by atoms with E-state index in [2.05, 4.69) is 36.6 Å². The van der Waals surface area contributed by atoms with Gasteiger partial charge in [0.25, 0.3) is 0 Å². The van der Waals surface area contributed by atoms with Crippen LogP contribution in [0, 0.1) is 0 Å². The zero-order chi connectivity index (χ0) is 14.9. The molecule has 1 aliphatic rings. The van der Waals surface area contributed by atoms with Crippen LogP contribution in [0.1, 0.15) is 42.7 Å². The van der Waals surface area contributed by atoms with Crippen molar-refractivity contribution in [1.29, 1.82) is 0 Å². The van der Waals surface area contributed by atoms with E-state index in [-0.39, 0.29) is 0 Å². The molecule has 0 radical (unpaired) electrons. The van der Waals surface area contributed by atoms with Crippen LogP contribution in [0.4, 0.5) is 0 Å². The van der Waals surface area contributed by atoms with Gasteiger partial charge in [-0.1, -0.05) is 24.3 Å². The molecule has 0 aliphatic heterocycles. The van der Waals surface area contributed by atoms with Gasteiger partial charge < -0.3 is 14.8 Å². The number of hydrogen-bond donors (Lipinski definition) is 1. The zero-order valence-electron chi connectivity index (χ0n) is 13.4. The van der Waals surface area contributed by atoms with Crippen LogP contribution in [0.15, 0.2) is 24.3 Å². The molecule has 1 aliphatic carbocycles. The maximum atomic E-state index is 5.60. The minimum absolute atomic E-state index is 0.531. The van der Waals surface area contributed by atoms with E-state index in [4.69, 9.17) is 9.47 Å². The Kier molecular flexibility index (Phi) is 7.20. The summed E-state index contributed by atoms with van der Waals surface area (Å²) in [5, 5.41) is 3.46. The molecule has 3 heteroatoms. The average Bonchev–Trinajstić information content (AvgIpc) is 2.53. The molecule has 1 aromatic carbocycles. The van der Waals surface area contributed by atoms with Crippen LogP contribution in [-0.2, 0) is 15.9 Å². The Hall–Kier alpha value is -0.900. The summed E-state index contributed by atoms with van der Waals surface area (Å²) < 4.78 is 10.6. The summed E-state index contributed by atoms with van der Waals surface area (Å²) in [6.45, 7) is 2.18. The summed E-state index contributed by atoms with van der Waals surface area (Å²) in [4.78, 5) is 0. The van der Waals surface area contributed by atoms with Crippen molar-refractivity contribution in [2.24, 2.45) is 0 Å².